The standard InChI is InChI=1S/C66H120N2O8/c1-7-13-16-19-22-25-28-30-32-34-36-39-42-45-48-52-64(70)74-60-58-68(57-55-61(65(71)73-12-6)50-46-43-40-37-35-33-31-29-26-23-20-17-14-8-2)63(69)54-53-62(51-47-44-41-38-27-24-21-18-15-9-3)76-66(72)75-59-49-56-67(10-4)11-5/h22-23,25-26,30-33,61-62H,7-21,24,27-29,34-60H2,1-6H3/b25-22-,26-23-,32-30-,33-31-. The van der Waals surface area contributed by atoms with Crippen LogP contribution in [-0.4, -0.2) is 92.4 Å². The molecule has 0 aromatic heterocycles. The smallest absolute Gasteiger partial charge is 0.466 e. The number of hydrogen-bond donors (Lipinski definition) is 0. The van der Waals surface area contributed by atoms with Crippen LogP contribution in [0.25, 0.3) is 0 Å². The van der Waals surface area contributed by atoms with Gasteiger partial charge in [0.05, 0.1) is 25.7 Å². The molecule has 10 nitrogen and oxygen atoms in total. The minimum atomic E-state index is -0.674. The number of hydrogen-bond acceptors (Lipinski definition) is 9. The van der Waals surface area contributed by atoms with Gasteiger partial charge in [0.15, 0.2) is 0 Å². The first-order valence-corrected chi connectivity index (χ1v) is 32.0. The highest BCUT2D eigenvalue weighted by molar-refractivity contribution is 5.76. The van der Waals surface area contributed by atoms with Gasteiger partial charge in [-0.1, -0.05) is 205 Å². The second kappa shape index (κ2) is 57.8. The van der Waals surface area contributed by atoms with Crippen molar-refractivity contribution in [3.63, 3.8) is 0 Å². The average Bonchev–Trinajstić information content (AvgIpc) is 3.41. The van der Waals surface area contributed by atoms with Crippen molar-refractivity contribution in [2.75, 3.05) is 52.5 Å². The van der Waals surface area contributed by atoms with Gasteiger partial charge in [-0.25, -0.2) is 4.79 Å². The minimum Gasteiger partial charge on any atom is -0.466 e. The Morgan fingerprint density at radius 3 is 1.41 bits per heavy atom. The van der Waals surface area contributed by atoms with Gasteiger partial charge in [-0.05, 0) is 129 Å². The van der Waals surface area contributed by atoms with E-state index in [4.69, 9.17) is 18.9 Å². The van der Waals surface area contributed by atoms with Gasteiger partial charge in [0, 0.05) is 25.9 Å². The Labute approximate surface area is 468 Å². The fourth-order valence-corrected chi connectivity index (χ4v) is 9.48. The van der Waals surface area contributed by atoms with E-state index in [9.17, 15) is 19.2 Å². The van der Waals surface area contributed by atoms with Crippen molar-refractivity contribution in [2.45, 2.75) is 292 Å². The Morgan fingerprint density at radius 1 is 0.408 bits per heavy atom. The first-order chi connectivity index (χ1) is 37.3. The van der Waals surface area contributed by atoms with Crippen LogP contribution in [0.5, 0.6) is 0 Å². The zero-order valence-corrected chi connectivity index (χ0v) is 50.5. The van der Waals surface area contributed by atoms with Gasteiger partial charge in [0.1, 0.15) is 12.7 Å². The highest BCUT2D eigenvalue weighted by Gasteiger charge is 2.24. The topological polar surface area (TPSA) is 112 Å². The van der Waals surface area contributed by atoms with Crippen molar-refractivity contribution in [1.29, 1.82) is 0 Å². The van der Waals surface area contributed by atoms with Crippen LogP contribution < -0.4 is 0 Å². The molecule has 0 heterocycles. The number of carbonyl (C=O) groups excluding carboxylic acids is 4. The van der Waals surface area contributed by atoms with E-state index in [0.29, 0.717) is 45.3 Å². The number of nitrogens with zero attached hydrogens (tertiary/aromatic N) is 2. The molecule has 10 heteroatoms. The predicted molar refractivity (Wildman–Crippen MR) is 321 cm³/mol. The van der Waals surface area contributed by atoms with Crippen LogP contribution in [0.4, 0.5) is 4.79 Å². The lowest BCUT2D eigenvalue weighted by molar-refractivity contribution is -0.149. The lowest BCUT2D eigenvalue weighted by Gasteiger charge is -2.26. The van der Waals surface area contributed by atoms with Crippen LogP contribution in [0.3, 0.4) is 0 Å². The molecule has 0 rings (SSSR count). The fraction of sp³-hybridized carbons (Fsp3) is 0.818. The second-order valence-corrected chi connectivity index (χ2v) is 21.2. The van der Waals surface area contributed by atoms with Crippen LogP contribution in [0.1, 0.15) is 286 Å². The van der Waals surface area contributed by atoms with E-state index in [1.807, 2.05) is 6.92 Å². The number of carbonyl (C=O) groups is 4. The summed E-state index contributed by atoms with van der Waals surface area (Å²) in [4.78, 5) is 57.5. The van der Waals surface area contributed by atoms with E-state index in [1.54, 1.807) is 4.90 Å². The molecule has 0 bridgehead atoms. The van der Waals surface area contributed by atoms with E-state index < -0.39 is 12.3 Å². The molecular weight excluding hydrogens is 949 g/mol. The van der Waals surface area contributed by atoms with Crippen LogP contribution >= 0.6 is 0 Å². The predicted octanol–water partition coefficient (Wildman–Crippen LogP) is 18.5. The zero-order valence-electron chi connectivity index (χ0n) is 50.5. The van der Waals surface area contributed by atoms with Gasteiger partial charge in [-0.2, -0.15) is 0 Å². The first kappa shape index (κ1) is 72.6. The highest BCUT2D eigenvalue weighted by Crippen LogP contribution is 2.21. The molecule has 0 spiro atoms. The highest BCUT2D eigenvalue weighted by atomic mass is 16.7. The Hall–Kier alpha value is -3.40. The van der Waals surface area contributed by atoms with E-state index in [0.717, 1.165) is 129 Å². The Balaban J connectivity index is 5.56. The van der Waals surface area contributed by atoms with E-state index in [2.05, 4.69) is 88.1 Å². The molecule has 0 aliphatic heterocycles. The third-order valence-electron chi connectivity index (χ3n) is 14.5. The van der Waals surface area contributed by atoms with E-state index in [1.165, 1.54) is 96.3 Å². The Morgan fingerprint density at radius 2 is 0.882 bits per heavy atom. The molecular formula is C66H120N2O8. The monoisotopic (exact) mass is 1070 g/mol. The third-order valence-corrected chi connectivity index (χ3v) is 14.5. The average molecular weight is 1070 g/mol. The zero-order chi connectivity index (χ0) is 55.6. The molecule has 0 aromatic rings. The lowest BCUT2D eigenvalue weighted by atomic mass is 9.96. The lowest BCUT2D eigenvalue weighted by Crippen LogP contribution is -2.37. The summed E-state index contributed by atoms with van der Waals surface area (Å²) >= 11 is 0. The van der Waals surface area contributed by atoms with Crippen molar-refractivity contribution in [3.05, 3.63) is 48.6 Å². The summed E-state index contributed by atoms with van der Waals surface area (Å²) in [6, 6.07) is 0. The van der Waals surface area contributed by atoms with Gasteiger partial charge in [0.2, 0.25) is 5.91 Å². The molecule has 442 valence electrons. The number of esters is 2. The molecule has 0 fully saturated rings. The molecule has 2 atom stereocenters. The van der Waals surface area contributed by atoms with Gasteiger partial charge in [0.25, 0.3) is 0 Å². The number of rotatable bonds is 56. The summed E-state index contributed by atoms with van der Waals surface area (Å²) in [5.41, 5.74) is 0. The fourth-order valence-electron chi connectivity index (χ4n) is 9.48. The van der Waals surface area contributed by atoms with Crippen molar-refractivity contribution in [2.24, 2.45) is 5.92 Å². The molecule has 2 unspecified atom stereocenters. The molecule has 0 aliphatic rings. The quantitative estimate of drug-likeness (QED) is 0.0254. The largest absolute Gasteiger partial charge is 0.508 e. The summed E-state index contributed by atoms with van der Waals surface area (Å²) in [6.07, 6.45) is 56.2. The van der Waals surface area contributed by atoms with Crippen LogP contribution in [0.15, 0.2) is 48.6 Å². The number of allylic oxidation sites excluding steroid dienone is 8. The summed E-state index contributed by atoms with van der Waals surface area (Å²) < 4.78 is 22.7. The van der Waals surface area contributed by atoms with Crippen molar-refractivity contribution < 1.29 is 38.1 Å². The molecule has 0 N–H and O–H groups in total. The maximum atomic E-state index is 14.2. The third kappa shape index (κ3) is 48.9. The van der Waals surface area contributed by atoms with Crippen molar-refractivity contribution >= 4 is 24.0 Å². The van der Waals surface area contributed by atoms with Gasteiger partial charge < -0.3 is 28.7 Å². The van der Waals surface area contributed by atoms with Crippen LogP contribution in [0, 0.1) is 5.92 Å². The van der Waals surface area contributed by atoms with Gasteiger partial charge in [-0.15, -0.1) is 0 Å². The minimum absolute atomic E-state index is 0.0942. The molecule has 76 heavy (non-hydrogen) atoms. The van der Waals surface area contributed by atoms with E-state index >= 15 is 0 Å². The summed E-state index contributed by atoms with van der Waals surface area (Å²) in [6.45, 7) is 16.8. The van der Waals surface area contributed by atoms with E-state index in [-0.39, 0.29) is 49.9 Å². The summed E-state index contributed by atoms with van der Waals surface area (Å²) in [5, 5.41) is 0. The molecule has 0 saturated heterocycles. The Bertz CT molecular complexity index is 1440. The van der Waals surface area contributed by atoms with Gasteiger partial charge >= 0.3 is 18.1 Å². The molecule has 0 radical (unpaired) electrons. The number of ether oxygens (including phenoxy) is 4. The molecule has 0 aromatic carbocycles. The maximum absolute atomic E-state index is 14.2. The second-order valence-electron chi connectivity index (χ2n) is 21.2. The van der Waals surface area contributed by atoms with Crippen LogP contribution in [0.2, 0.25) is 0 Å². The number of unbranched alkanes of at least 4 members (excludes halogenated alkanes) is 24. The van der Waals surface area contributed by atoms with Gasteiger partial charge in [-0.3, -0.25) is 14.4 Å². The normalized spacial score (nSPS) is 12.7. The Kier molecular flexibility index (Phi) is 55.2. The molecule has 0 saturated carbocycles. The van der Waals surface area contributed by atoms with Crippen LogP contribution in [-0.2, 0) is 33.3 Å². The first-order valence-electron chi connectivity index (χ1n) is 32.0. The summed E-state index contributed by atoms with van der Waals surface area (Å²) in [5.74, 6) is -0.890. The van der Waals surface area contributed by atoms with Crippen molar-refractivity contribution in [3.8, 4) is 0 Å². The molecule has 0 aliphatic carbocycles. The van der Waals surface area contributed by atoms with Crippen molar-refractivity contribution in [1.82, 2.24) is 9.80 Å². The SMILES string of the molecule is CCCCC/C=C\C/C=C\CCCCCCCC(=O)OCCN(CCC(CCCCCC/C=C\C/C=C\CCCCC)C(=O)OCC)C(=O)CCC(CCCCCCCCCCCC)OC(=O)OCCCN(CC)CC. The summed E-state index contributed by atoms with van der Waals surface area (Å²) in [7, 11) is 0. The molecule has 1 amide bonds. The maximum Gasteiger partial charge on any atom is 0.508 e. The number of amides is 1.